The summed E-state index contributed by atoms with van der Waals surface area (Å²) in [5.74, 6) is 1.67. The third kappa shape index (κ3) is 4.15. The van der Waals surface area contributed by atoms with Crippen molar-refractivity contribution in [2.75, 3.05) is 26.2 Å². The zero-order valence-corrected chi connectivity index (χ0v) is 16.4. The molecule has 1 fully saturated rings. The summed E-state index contributed by atoms with van der Waals surface area (Å²) in [6, 6.07) is 1.85. The monoisotopic (exact) mass is 359 g/mol. The molecule has 0 saturated carbocycles. The first-order valence-corrected chi connectivity index (χ1v) is 9.21. The molecule has 0 spiro atoms. The van der Waals surface area contributed by atoms with Crippen molar-refractivity contribution in [3.8, 4) is 0 Å². The lowest BCUT2D eigenvalue weighted by Gasteiger charge is -2.20. The Balaban J connectivity index is 1.59. The maximum absolute atomic E-state index is 12.7. The molecule has 0 radical (unpaired) electrons. The first-order chi connectivity index (χ1) is 12.2. The van der Waals surface area contributed by atoms with Gasteiger partial charge < -0.3 is 9.32 Å². The van der Waals surface area contributed by atoms with E-state index in [1.807, 2.05) is 31.1 Å². The highest BCUT2D eigenvalue weighted by Gasteiger charge is 2.24. The molecular weight excluding hydrogens is 330 g/mol. The van der Waals surface area contributed by atoms with E-state index in [0.29, 0.717) is 18.8 Å². The number of hydrogen-bond donors (Lipinski definition) is 0. The molecule has 0 N–H and O–H groups in total. The van der Waals surface area contributed by atoms with Gasteiger partial charge in [0.2, 0.25) is 5.89 Å². The first-order valence-electron chi connectivity index (χ1n) is 9.21. The van der Waals surface area contributed by atoms with Crippen molar-refractivity contribution < 1.29 is 9.21 Å². The van der Waals surface area contributed by atoms with Crippen LogP contribution in [0, 0.1) is 6.92 Å². The minimum atomic E-state index is -0.0337. The number of aromatic nitrogens is 3. The number of amides is 1. The van der Waals surface area contributed by atoms with Gasteiger partial charge in [-0.05, 0) is 19.4 Å². The van der Waals surface area contributed by atoms with E-state index in [1.165, 1.54) is 0 Å². The van der Waals surface area contributed by atoms with E-state index in [9.17, 15) is 4.79 Å². The summed E-state index contributed by atoms with van der Waals surface area (Å²) in [5, 5.41) is 4.32. The normalized spacial score (nSPS) is 16.7. The van der Waals surface area contributed by atoms with E-state index in [2.05, 4.69) is 35.8 Å². The summed E-state index contributed by atoms with van der Waals surface area (Å²) < 4.78 is 7.65. The number of oxazole rings is 1. The van der Waals surface area contributed by atoms with Gasteiger partial charge in [0.05, 0.1) is 12.7 Å². The van der Waals surface area contributed by atoms with E-state index in [0.717, 1.165) is 43.4 Å². The summed E-state index contributed by atoms with van der Waals surface area (Å²) in [6.45, 7) is 12.2. The molecule has 2 aromatic heterocycles. The highest BCUT2D eigenvalue weighted by molar-refractivity contribution is 5.92. The Morgan fingerprint density at radius 3 is 2.62 bits per heavy atom. The molecule has 26 heavy (non-hydrogen) atoms. The molecule has 1 aliphatic heterocycles. The van der Waals surface area contributed by atoms with Crippen molar-refractivity contribution in [3.05, 3.63) is 35.3 Å². The molecule has 0 unspecified atom stereocenters. The number of hydrogen-bond acceptors (Lipinski definition) is 5. The average Bonchev–Trinajstić information content (AvgIpc) is 3.08. The molecule has 1 aliphatic rings. The molecule has 3 rings (SSSR count). The van der Waals surface area contributed by atoms with Gasteiger partial charge in [0.15, 0.2) is 5.69 Å². The summed E-state index contributed by atoms with van der Waals surface area (Å²) >= 11 is 0. The quantitative estimate of drug-likeness (QED) is 0.842. The molecule has 2 aromatic rings. The van der Waals surface area contributed by atoms with E-state index in [4.69, 9.17) is 4.42 Å². The fourth-order valence-electron chi connectivity index (χ4n) is 3.08. The van der Waals surface area contributed by atoms with Crippen molar-refractivity contribution in [3.63, 3.8) is 0 Å². The van der Waals surface area contributed by atoms with Gasteiger partial charge in [-0.25, -0.2) is 4.98 Å². The van der Waals surface area contributed by atoms with E-state index in [1.54, 1.807) is 4.68 Å². The second-order valence-corrected chi connectivity index (χ2v) is 8.08. The number of carbonyl (C=O) groups excluding carboxylic acids is 1. The molecule has 0 aromatic carbocycles. The zero-order chi connectivity index (χ0) is 18.9. The lowest BCUT2D eigenvalue weighted by atomic mass is 9.94. The Morgan fingerprint density at radius 2 is 2.00 bits per heavy atom. The SMILES string of the molecule is Cc1cc(C(=O)N2CCCN(Cc3ncc(C(C)(C)C)o3)CC2)nn1C. The van der Waals surface area contributed by atoms with E-state index in [-0.39, 0.29) is 11.3 Å². The van der Waals surface area contributed by atoms with Gasteiger partial charge in [0.1, 0.15) is 5.76 Å². The van der Waals surface area contributed by atoms with Crippen LogP contribution in [0.25, 0.3) is 0 Å². The minimum Gasteiger partial charge on any atom is -0.444 e. The van der Waals surface area contributed by atoms with Gasteiger partial charge >= 0.3 is 0 Å². The van der Waals surface area contributed by atoms with Crippen LogP contribution >= 0.6 is 0 Å². The summed E-state index contributed by atoms with van der Waals surface area (Å²) in [5.41, 5.74) is 1.48. The maximum atomic E-state index is 12.7. The Hall–Kier alpha value is -2.15. The minimum absolute atomic E-state index is 0.0155. The molecule has 7 nitrogen and oxygen atoms in total. The fraction of sp³-hybridized carbons (Fsp3) is 0.632. The molecule has 0 aliphatic carbocycles. The Bertz CT molecular complexity index is 752. The number of aryl methyl sites for hydroxylation is 2. The molecule has 3 heterocycles. The summed E-state index contributed by atoms with van der Waals surface area (Å²) in [7, 11) is 1.86. The standard InChI is InChI=1S/C19H29N5O2/c1-14-11-15(21-22(14)5)18(25)24-8-6-7-23(9-10-24)13-17-20-12-16(26-17)19(2,3)4/h11-12H,6-10,13H2,1-5H3. The first kappa shape index (κ1) is 18.6. The lowest BCUT2D eigenvalue weighted by molar-refractivity contribution is 0.0754. The number of nitrogens with zero attached hydrogens (tertiary/aromatic N) is 5. The smallest absolute Gasteiger partial charge is 0.274 e. The van der Waals surface area contributed by atoms with Crippen LogP contribution in [-0.4, -0.2) is 56.7 Å². The van der Waals surface area contributed by atoms with Crippen LogP contribution in [-0.2, 0) is 19.0 Å². The highest BCUT2D eigenvalue weighted by atomic mass is 16.4. The van der Waals surface area contributed by atoms with Crippen LogP contribution in [0.5, 0.6) is 0 Å². The lowest BCUT2D eigenvalue weighted by Crippen LogP contribution is -2.35. The molecule has 142 valence electrons. The molecular formula is C19H29N5O2. The van der Waals surface area contributed by atoms with Gasteiger partial charge in [0, 0.05) is 44.3 Å². The van der Waals surface area contributed by atoms with Gasteiger partial charge in [-0.3, -0.25) is 14.4 Å². The van der Waals surface area contributed by atoms with Crippen LogP contribution in [0.3, 0.4) is 0 Å². The predicted octanol–water partition coefficient (Wildman–Crippen LogP) is 2.36. The Morgan fingerprint density at radius 1 is 1.23 bits per heavy atom. The second kappa shape index (κ2) is 7.23. The Kier molecular flexibility index (Phi) is 5.18. The number of carbonyl (C=O) groups is 1. The largest absolute Gasteiger partial charge is 0.444 e. The van der Waals surface area contributed by atoms with Gasteiger partial charge in [-0.2, -0.15) is 5.10 Å². The van der Waals surface area contributed by atoms with Crippen LogP contribution in [0.4, 0.5) is 0 Å². The van der Waals surface area contributed by atoms with Crippen LogP contribution < -0.4 is 0 Å². The highest BCUT2D eigenvalue weighted by Crippen LogP contribution is 2.23. The molecule has 1 saturated heterocycles. The van der Waals surface area contributed by atoms with E-state index < -0.39 is 0 Å². The number of rotatable bonds is 3. The average molecular weight is 359 g/mol. The fourth-order valence-corrected chi connectivity index (χ4v) is 3.08. The summed E-state index contributed by atoms with van der Waals surface area (Å²) in [6.07, 6.45) is 2.76. The Labute approximate surface area is 155 Å². The predicted molar refractivity (Wildman–Crippen MR) is 98.9 cm³/mol. The van der Waals surface area contributed by atoms with Gasteiger partial charge in [0.25, 0.3) is 5.91 Å². The van der Waals surface area contributed by atoms with Gasteiger partial charge in [-0.1, -0.05) is 20.8 Å². The van der Waals surface area contributed by atoms with Gasteiger partial charge in [-0.15, -0.1) is 0 Å². The van der Waals surface area contributed by atoms with E-state index >= 15 is 0 Å². The second-order valence-electron chi connectivity index (χ2n) is 8.08. The molecule has 0 atom stereocenters. The van der Waals surface area contributed by atoms with Crippen molar-refractivity contribution in [2.24, 2.45) is 7.05 Å². The van der Waals surface area contributed by atoms with Crippen LogP contribution in [0.2, 0.25) is 0 Å². The van der Waals surface area contributed by atoms with Crippen molar-refractivity contribution in [2.45, 2.75) is 46.1 Å². The molecule has 1 amide bonds. The zero-order valence-electron chi connectivity index (χ0n) is 16.4. The third-order valence-corrected chi connectivity index (χ3v) is 4.86. The maximum Gasteiger partial charge on any atom is 0.274 e. The topological polar surface area (TPSA) is 67.4 Å². The van der Waals surface area contributed by atoms with Crippen LogP contribution in [0.1, 0.15) is 55.0 Å². The molecule has 7 heteroatoms. The summed E-state index contributed by atoms with van der Waals surface area (Å²) in [4.78, 5) is 21.3. The van der Waals surface area contributed by atoms with Crippen molar-refractivity contribution in [1.82, 2.24) is 24.6 Å². The third-order valence-electron chi connectivity index (χ3n) is 4.86. The van der Waals surface area contributed by atoms with Crippen LogP contribution in [0.15, 0.2) is 16.7 Å². The van der Waals surface area contributed by atoms with Crippen molar-refractivity contribution >= 4 is 5.91 Å². The van der Waals surface area contributed by atoms with Crippen molar-refractivity contribution in [1.29, 1.82) is 0 Å². The molecule has 0 bridgehead atoms.